The van der Waals surface area contributed by atoms with E-state index < -0.39 is 12.0 Å². The number of hydrogen-bond acceptors (Lipinski definition) is 8. The second-order valence-corrected chi connectivity index (χ2v) is 11.9. The molecule has 1 heterocycles. The summed E-state index contributed by atoms with van der Waals surface area (Å²) in [7, 11) is 0. The highest BCUT2D eigenvalue weighted by Gasteiger charge is 2.43. The van der Waals surface area contributed by atoms with E-state index in [4.69, 9.17) is 15.2 Å². The maximum atomic E-state index is 13.4. The van der Waals surface area contributed by atoms with Gasteiger partial charge in [0.25, 0.3) is 0 Å². The van der Waals surface area contributed by atoms with Gasteiger partial charge in [0.2, 0.25) is 11.7 Å². The van der Waals surface area contributed by atoms with Crippen LogP contribution in [0.15, 0.2) is 64.4 Å². The summed E-state index contributed by atoms with van der Waals surface area (Å²) < 4.78 is 11.5. The van der Waals surface area contributed by atoms with Crippen molar-refractivity contribution in [1.82, 2.24) is 5.32 Å². The van der Waals surface area contributed by atoms with E-state index in [9.17, 15) is 19.2 Å². The Balaban J connectivity index is 0. The zero-order valence-corrected chi connectivity index (χ0v) is 29.3. The predicted octanol–water partition coefficient (Wildman–Crippen LogP) is 7.47. The molecule has 1 aromatic carbocycles. The Morgan fingerprint density at radius 1 is 1.15 bits per heavy atom. The van der Waals surface area contributed by atoms with Gasteiger partial charge in [0, 0.05) is 20.8 Å². The van der Waals surface area contributed by atoms with Crippen LogP contribution in [-0.2, 0) is 23.9 Å². The number of hydrogen-bond donors (Lipinski definition) is 2. The Hall–Kier alpha value is -3.85. The first-order valence-electron chi connectivity index (χ1n) is 16.6. The van der Waals surface area contributed by atoms with Crippen molar-refractivity contribution < 1.29 is 31.5 Å². The number of carbonyl (C=O) groups excluding carboxylic acids is 4. The van der Waals surface area contributed by atoms with Crippen molar-refractivity contribution in [1.29, 1.82) is 0 Å². The van der Waals surface area contributed by atoms with Gasteiger partial charge < -0.3 is 25.3 Å². The van der Waals surface area contributed by atoms with Gasteiger partial charge in [-0.3, -0.25) is 9.59 Å². The number of esters is 1. The number of amides is 1. The van der Waals surface area contributed by atoms with E-state index in [0.29, 0.717) is 35.2 Å². The molecule has 9 nitrogen and oxygen atoms in total. The fourth-order valence-electron chi connectivity index (χ4n) is 4.65. The summed E-state index contributed by atoms with van der Waals surface area (Å²) >= 11 is 0. The number of allylic oxidation sites excluding steroid dienone is 5. The molecular formula is C37H59N3O6. The molecule has 0 radical (unpaired) electrons. The van der Waals surface area contributed by atoms with E-state index in [2.05, 4.69) is 37.2 Å². The second-order valence-electron chi connectivity index (χ2n) is 11.9. The van der Waals surface area contributed by atoms with Crippen LogP contribution in [0.4, 0.5) is 5.69 Å². The first kappa shape index (κ1) is 40.2. The quantitative estimate of drug-likeness (QED) is 0.162. The zero-order chi connectivity index (χ0) is 34.9. The summed E-state index contributed by atoms with van der Waals surface area (Å²) in [5.41, 5.74) is 8.02. The van der Waals surface area contributed by atoms with Gasteiger partial charge >= 0.3 is 5.97 Å². The zero-order valence-electron chi connectivity index (χ0n) is 29.3. The van der Waals surface area contributed by atoms with E-state index in [1.807, 2.05) is 53.7 Å². The highest BCUT2D eigenvalue weighted by molar-refractivity contribution is 6.53. The summed E-state index contributed by atoms with van der Waals surface area (Å²) in [5.74, 6) is 0.678. The van der Waals surface area contributed by atoms with E-state index >= 15 is 0 Å². The molecule has 9 heteroatoms. The molecule has 2 aliphatic carbocycles. The number of Topliss-reactive ketones (excluding diaryl/α,β-unsaturated/α-hetero) is 1. The molecule has 3 aliphatic rings. The van der Waals surface area contributed by atoms with Crippen LogP contribution in [-0.4, -0.2) is 54.5 Å². The molecule has 0 fully saturated rings. The van der Waals surface area contributed by atoms with Crippen LogP contribution in [0.3, 0.4) is 0 Å². The molecule has 2 atom stereocenters. The predicted molar refractivity (Wildman–Crippen MR) is 189 cm³/mol. The van der Waals surface area contributed by atoms with Crippen LogP contribution in [0.2, 0.25) is 0 Å². The summed E-state index contributed by atoms with van der Waals surface area (Å²) in [4.78, 5) is 52.7. The van der Waals surface area contributed by atoms with Gasteiger partial charge in [0.05, 0.1) is 23.8 Å². The van der Waals surface area contributed by atoms with Crippen molar-refractivity contribution in [2.75, 3.05) is 13.2 Å². The first-order valence-corrected chi connectivity index (χ1v) is 16.6. The number of nitrogens with two attached hydrogens (primary N) is 1. The molecule has 1 aromatic rings. The Labute approximate surface area is 278 Å². The minimum atomic E-state index is -0.663. The fraction of sp³-hybridized carbons (Fsp3) is 0.541. The van der Waals surface area contributed by atoms with Crippen LogP contribution in [0.1, 0.15) is 108 Å². The molecule has 258 valence electrons. The van der Waals surface area contributed by atoms with Crippen molar-refractivity contribution in [3.63, 3.8) is 0 Å². The number of carbonyl (C=O) groups is 4. The van der Waals surface area contributed by atoms with E-state index in [1.54, 1.807) is 24.3 Å². The highest BCUT2D eigenvalue weighted by Crippen LogP contribution is 2.44. The molecular weight excluding hydrogens is 582 g/mol. The Bertz CT molecular complexity index is 1300. The largest absolute Gasteiger partial charge is 0.491 e. The Morgan fingerprint density at radius 3 is 2.39 bits per heavy atom. The van der Waals surface area contributed by atoms with Crippen molar-refractivity contribution >= 4 is 35.3 Å². The molecule has 0 spiro atoms. The van der Waals surface area contributed by atoms with Crippen molar-refractivity contribution in [3.05, 3.63) is 65.0 Å². The minimum absolute atomic E-state index is 0. The topological polar surface area (TPSA) is 137 Å². The minimum Gasteiger partial charge on any atom is -0.491 e. The molecule has 1 amide bonds. The number of ether oxygens (including phenoxy) is 2. The smallest absolute Gasteiger partial charge is 0.338 e. The van der Waals surface area contributed by atoms with E-state index in [1.165, 1.54) is 0 Å². The third-order valence-corrected chi connectivity index (χ3v) is 6.78. The fourth-order valence-corrected chi connectivity index (χ4v) is 4.65. The maximum absolute atomic E-state index is 13.4. The van der Waals surface area contributed by atoms with Crippen LogP contribution in [0.5, 0.6) is 0 Å². The number of benzene rings is 1. The monoisotopic (exact) mass is 641 g/mol. The lowest BCUT2D eigenvalue weighted by atomic mass is 9.74. The van der Waals surface area contributed by atoms with Crippen LogP contribution >= 0.6 is 0 Å². The van der Waals surface area contributed by atoms with Crippen LogP contribution in [0.25, 0.3) is 0 Å². The molecule has 0 saturated carbocycles. The number of nitrogens with zero attached hydrogens (tertiary/aromatic N) is 1. The van der Waals surface area contributed by atoms with Gasteiger partial charge in [0.1, 0.15) is 30.0 Å². The molecule has 46 heavy (non-hydrogen) atoms. The van der Waals surface area contributed by atoms with E-state index in [-0.39, 0.29) is 52.1 Å². The lowest BCUT2D eigenvalue weighted by molar-refractivity contribution is -0.121. The summed E-state index contributed by atoms with van der Waals surface area (Å²) in [6.45, 7) is 18.7. The van der Waals surface area contributed by atoms with Crippen molar-refractivity contribution in [2.45, 2.75) is 106 Å². The van der Waals surface area contributed by atoms with Gasteiger partial charge in [0.15, 0.2) is 0 Å². The lowest BCUT2D eigenvalue weighted by Gasteiger charge is -2.40. The van der Waals surface area contributed by atoms with Gasteiger partial charge in [-0.15, -0.1) is 0 Å². The number of fused-ring (bicyclic) bond motifs is 2. The van der Waals surface area contributed by atoms with Crippen LogP contribution < -0.4 is 11.1 Å². The molecule has 4 rings (SSSR count). The number of aliphatic imine (C=N–C) groups is 1. The average Bonchev–Trinajstić information content (AvgIpc) is 3.05. The van der Waals surface area contributed by atoms with Gasteiger partial charge in [-0.2, -0.15) is 0 Å². The number of aldehydes is 1. The molecule has 3 N–H and O–H groups in total. The van der Waals surface area contributed by atoms with Crippen molar-refractivity contribution in [3.8, 4) is 0 Å². The van der Waals surface area contributed by atoms with E-state index in [0.717, 1.165) is 30.1 Å². The Morgan fingerprint density at radius 2 is 1.78 bits per heavy atom. The summed E-state index contributed by atoms with van der Waals surface area (Å²) in [6.07, 6.45) is 9.11. The maximum Gasteiger partial charge on any atom is 0.338 e. The highest BCUT2D eigenvalue weighted by atomic mass is 16.5. The lowest BCUT2D eigenvalue weighted by Crippen LogP contribution is -2.40. The third-order valence-electron chi connectivity index (χ3n) is 6.78. The molecule has 0 bridgehead atoms. The van der Waals surface area contributed by atoms with Crippen molar-refractivity contribution in [2.24, 2.45) is 22.6 Å². The van der Waals surface area contributed by atoms with Gasteiger partial charge in [-0.05, 0) is 75.3 Å². The standard InChI is InChI=1S/C29H33N3O6.C4H10.2C2H6.2H2/c1-29(2)14-13-23-26(35)25(21-5-3-4-6-22(21)27(23)38-29)32-20-10-7-18(8-11-20)28(36)37-16-15-31-24(34)12-9-19(30)17-33;1-4(2)3;2*1-2;;/h3-5,7-8,10-11,17,19,22H,6,9,12-16,30H2,1-2H3,(H,31,34);4H,1-3H3;2*1-2H3;2*1H. The second kappa shape index (κ2) is 20.3. The van der Waals surface area contributed by atoms with Gasteiger partial charge in [-0.25, -0.2) is 9.79 Å². The van der Waals surface area contributed by atoms with Crippen LogP contribution in [0, 0.1) is 11.8 Å². The Kier molecular flexibility index (Phi) is 17.7. The molecule has 1 aliphatic heterocycles. The third kappa shape index (κ3) is 12.5. The molecule has 0 aromatic heterocycles. The first-order chi connectivity index (χ1) is 21.9. The average molecular weight is 642 g/mol. The molecule has 0 saturated heterocycles. The SMILES string of the molecule is CC.CC.CC(C)C.CC1(C)CCC2=C(O1)C1CC=CC=C1C(=Nc1ccc(C(=O)OCCNC(=O)CCC(N)C=O)cc1)C2=O.[HH].[HH]. The number of nitrogens with one attached hydrogen (secondary N) is 1. The summed E-state index contributed by atoms with van der Waals surface area (Å²) in [5, 5.41) is 2.61. The number of ketones is 1. The number of rotatable bonds is 9. The summed E-state index contributed by atoms with van der Waals surface area (Å²) in [6, 6.07) is 5.88. The van der Waals surface area contributed by atoms with Gasteiger partial charge in [-0.1, -0.05) is 66.7 Å². The normalized spacial score (nSPS) is 18.8. The molecule has 2 unspecified atom stereocenters.